The highest BCUT2D eigenvalue weighted by Gasteiger charge is 2.32. The van der Waals surface area contributed by atoms with Gasteiger partial charge in [0, 0.05) is 36.6 Å². The number of benzene rings is 3. The van der Waals surface area contributed by atoms with Crippen molar-refractivity contribution in [3.05, 3.63) is 53.3 Å². The lowest BCUT2D eigenvalue weighted by molar-refractivity contribution is 0.264. The standard InChI is InChI=1S/C30H33ClFN5O2/c1-36(2)10-5-11-39-30-34-28-24(29(35-30)37-16-18-8-9-20(17-37)33-15-18)14-25(31)26(27(28)32)23-13-21(38)12-19-6-3-4-7-22(19)23/h3-4,6-7,12-14,18,20,33,38H,5,8-11,15-17H2,1-2H3. The zero-order valence-corrected chi connectivity index (χ0v) is 23.0. The van der Waals surface area contributed by atoms with E-state index in [1.165, 1.54) is 0 Å². The van der Waals surface area contributed by atoms with Crippen molar-refractivity contribution in [2.24, 2.45) is 5.92 Å². The summed E-state index contributed by atoms with van der Waals surface area (Å²) in [6.07, 6.45) is 3.07. The number of fused-ring (bicyclic) bond motifs is 6. The van der Waals surface area contributed by atoms with Crippen LogP contribution < -0.4 is 15.0 Å². The molecule has 7 rings (SSSR count). The molecule has 3 aromatic carbocycles. The number of hydrogen-bond acceptors (Lipinski definition) is 7. The Morgan fingerprint density at radius 1 is 1.13 bits per heavy atom. The molecule has 9 heteroatoms. The number of rotatable bonds is 7. The molecule has 204 valence electrons. The summed E-state index contributed by atoms with van der Waals surface area (Å²) in [7, 11) is 4.02. The quantitative estimate of drug-likeness (QED) is 0.296. The normalized spacial score (nSPS) is 19.3. The SMILES string of the molecule is CN(C)CCCOc1nc(N2CC3CCC(C2)NC3)c2cc(Cl)c(-c3cc(O)cc4ccccc34)c(F)c2n1. The summed E-state index contributed by atoms with van der Waals surface area (Å²) in [5, 5.41) is 16.5. The lowest BCUT2D eigenvalue weighted by Crippen LogP contribution is -2.39. The summed E-state index contributed by atoms with van der Waals surface area (Å²) in [6.45, 7) is 3.87. The number of anilines is 1. The van der Waals surface area contributed by atoms with Gasteiger partial charge in [-0.1, -0.05) is 35.9 Å². The van der Waals surface area contributed by atoms with E-state index < -0.39 is 5.82 Å². The number of aromatic nitrogens is 2. The topological polar surface area (TPSA) is 73.8 Å². The highest BCUT2D eigenvalue weighted by atomic mass is 35.5. The fourth-order valence-electron chi connectivity index (χ4n) is 5.87. The van der Waals surface area contributed by atoms with Gasteiger partial charge in [-0.3, -0.25) is 0 Å². The molecule has 2 atom stereocenters. The average molecular weight is 550 g/mol. The van der Waals surface area contributed by atoms with Crippen LogP contribution in [0, 0.1) is 11.7 Å². The van der Waals surface area contributed by atoms with Gasteiger partial charge < -0.3 is 25.0 Å². The zero-order valence-electron chi connectivity index (χ0n) is 22.3. The van der Waals surface area contributed by atoms with Crippen molar-refractivity contribution in [2.45, 2.75) is 25.3 Å². The number of phenols is 1. The van der Waals surface area contributed by atoms with E-state index >= 15 is 4.39 Å². The third kappa shape index (κ3) is 5.21. The van der Waals surface area contributed by atoms with Gasteiger partial charge in [0.1, 0.15) is 17.1 Å². The monoisotopic (exact) mass is 549 g/mol. The van der Waals surface area contributed by atoms with Crippen molar-refractivity contribution < 1.29 is 14.2 Å². The van der Waals surface area contributed by atoms with Crippen molar-refractivity contribution in [1.29, 1.82) is 0 Å². The van der Waals surface area contributed by atoms with E-state index in [-0.39, 0.29) is 27.9 Å². The Morgan fingerprint density at radius 3 is 2.77 bits per heavy atom. The van der Waals surface area contributed by atoms with Crippen LogP contribution in [-0.2, 0) is 0 Å². The minimum Gasteiger partial charge on any atom is -0.508 e. The first kappa shape index (κ1) is 26.0. The van der Waals surface area contributed by atoms with E-state index in [1.807, 2.05) is 38.4 Å². The lowest BCUT2D eigenvalue weighted by atomic mass is 9.96. The van der Waals surface area contributed by atoms with Gasteiger partial charge in [-0.2, -0.15) is 9.97 Å². The first-order valence-electron chi connectivity index (χ1n) is 13.5. The number of ether oxygens (including phenoxy) is 1. The number of piperidine rings is 1. The number of hydrogen-bond donors (Lipinski definition) is 2. The summed E-state index contributed by atoms with van der Waals surface area (Å²) >= 11 is 6.84. The van der Waals surface area contributed by atoms with Crippen LogP contribution in [0.4, 0.5) is 10.2 Å². The fraction of sp³-hybridized carbons (Fsp3) is 0.400. The smallest absolute Gasteiger partial charge is 0.319 e. The van der Waals surface area contributed by atoms with Crippen LogP contribution in [0.2, 0.25) is 5.02 Å². The second-order valence-corrected chi connectivity index (χ2v) is 11.4. The summed E-state index contributed by atoms with van der Waals surface area (Å²) < 4.78 is 22.6. The third-order valence-electron chi connectivity index (χ3n) is 7.78. The molecule has 2 bridgehead atoms. The molecule has 0 amide bonds. The highest BCUT2D eigenvalue weighted by Crippen LogP contribution is 2.42. The Bertz CT molecular complexity index is 1510. The van der Waals surface area contributed by atoms with Gasteiger partial charge in [-0.15, -0.1) is 0 Å². The summed E-state index contributed by atoms with van der Waals surface area (Å²) in [5.41, 5.74) is 0.886. The van der Waals surface area contributed by atoms with Crippen molar-refractivity contribution in [3.8, 4) is 22.9 Å². The number of halogens is 2. The van der Waals surface area contributed by atoms with Gasteiger partial charge in [0.2, 0.25) is 0 Å². The molecule has 3 fully saturated rings. The van der Waals surface area contributed by atoms with Crippen LogP contribution in [0.15, 0.2) is 42.5 Å². The van der Waals surface area contributed by atoms with Crippen LogP contribution in [0.25, 0.3) is 32.8 Å². The maximum absolute atomic E-state index is 16.6. The van der Waals surface area contributed by atoms with Crippen LogP contribution in [0.1, 0.15) is 19.3 Å². The second-order valence-electron chi connectivity index (χ2n) is 10.9. The zero-order chi connectivity index (χ0) is 27.1. The molecule has 4 heterocycles. The van der Waals surface area contributed by atoms with Crippen LogP contribution in [0.5, 0.6) is 11.8 Å². The lowest BCUT2D eigenvalue weighted by Gasteiger charge is -2.25. The molecule has 3 aliphatic rings. The predicted octanol–water partition coefficient (Wildman–Crippen LogP) is 5.47. The predicted molar refractivity (Wildman–Crippen MR) is 155 cm³/mol. The molecule has 0 spiro atoms. The van der Waals surface area contributed by atoms with Crippen molar-refractivity contribution in [3.63, 3.8) is 0 Å². The largest absolute Gasteiger partial charge is 0.508 e. The minimum atomic E-state index is -0.550. The van der Waals surface area contributed by atoms with E-state index in [4.69, 9.17) is 21.3 Å². The number of nitrogens with zero attached hydrogens (tertiary/aromatic N) is 4. The molecule has 0 aliphatic carbocycles. The van der Waals surface area contributed by atoms with Gasteiger partial charge >= 0.3 is 6.01 Å². The Labute approximate surface area is 232 Å². The molecule has 2 unspecified atom stereocenters. The molecule has 3 aliphatic heterocycles. The molecule has 4 aromatic rings. The van der Waals surface area contributed by atoms with E-state index in [1.54, 1.807) is 18.2 Å². The molecule has 7 nitrogen and oxygen atoms in total. The van der Waals surface area contributed by atoms with Crippen LogP contribution in [-0.4, -0.2) is 72.9 Å². The Hall–Kier alpha value is -3.20. The molecule has 3 saturated heterocycles. The van der Waals surface area contributed by atoms with Gasteiger partial charge in [0.15, 0.2) is 5.82 Å². The van der Waals surface area contributed by atoms with Gasteiger partial charge in [0.25, 0.3) is 0 Å². The summed E-state index contributed by atoms with van der Waals surface area (Å²) in [6, 6.07) is 13.0. The van der Waals surface area contributed by atoms with E-state index in [2.05, 4.69) is 20.1 Å². The van der Waals surface area contributed by atoms with E-state index in [0.717, 1.165) is 56.2 Å². The summed E-state index contributed by atoms with van der Waals surface area (Å²) in [5.74, 6) is 0.638. The Kier molecular flexibility index (Phi) is 7.18. The first-order valence-corrected chi connectivity index (χ1v) is 13.9. The third-order valence-corrected chi connectivity index (χ3v) is 8.07. The number of nitrogens with one attached hydrogen (secondary N) is 1. The molecule has 0 saturated carbocycles. The molecule has 39 heavy (non-hydrogen) atoms. The van der Waals surface area contributed by atoms with Crippen LogP contribution in [0.3, 0.4) is 0 Å². The van der Waals surface area contributed by atoms with E-state index in [0.29, 0.717) is 35.3 Å². The number of phenolic OH excluding ortho intramolecular Hbond substituents is 1. The van der Waals surface area contributed by atoms with Crippen LogP contribution >= 0.6 is 11.6 Å². The van der Waals surface area contributed by atoms with Crippen molar-refractivity contribution >= 4 is 39.1 Å². The van der Waals surface area contributed by atoms with E-state index in [9.17, 15) is 5.11 Å². The van der Waals surface area contributed by atoms with Crippen molar-refractivity contribution in [1.82, 2.24) is 20.2 Å². The second kappa shape index (κ2) is 10.8. The maximum Gasteiger partial charge on any atom is 0.319 e. The molecule has 2 N–H and O–H groups in total. The Morgan fingerprint density at radius 2 is 1.97 bits per heavy atom. The van der Waals surface area contributed by atoms with Gasteiger partial charge in [0.05, 0.1) is 11.6 Å². The molecule has 1 aromatic heterocycles. The maximum atomic E-state index is 16.6. The number of aromatic hydroxyl groups is 1. The molecular formula is C30H33ClFN5O2. The van der Waals surface area contributed by atoms with Crippen molar-refractivity contribution in [2.75, 3.05) is 51.8 Å². The average Bonchev–Trinajstić information content (AvgIpc) is 3.25. The first-order chi connectivity index (χ1) is 18.9. The minimum absolute atomic E-state index is 0.0418. The fourth-order valence-corrected chi connectivity index (χ4v) is 6.16. The van der Waals surface area contributed by atoms with Gasteiger partial charge in [-0.05, 0) is 80.4 Å². The molecular weight excluding hydrogens is 517 g/mol. The summed E-state index contributed by atoms with van der Waals surface area (Å²) in [4.78, 5) is 13.7. The van der Waals surface area contributed by atoms with Gasteiger partial charge in [-0.25, -0.2) is 4.39 Å². The highest BCUT2D eigenvalue weighted by molar-refractivity contribution is 6.35. The Balaban J connectivity index is 1.51. The molecule has 0 radical (unpaired) electrons.